The van der Waals surface area contributed by atoms with Gasteiger partial charge in [0.15, 0.2) is 11.6 Å². The Kier molecular flexibility index (Phi) is 10.8. The van der Waals surface area contributed by atoms with Gasteiger partial charge in [-0.05, 0) is 64.6 Å². The van der Waals surface area contributed by atoms with Crippen molar-refractivity contribution in [3.05, 3.63) is 118 Å². The van der Waals surface area contributed by atoms with E-state index in [0.29, 0.717) is 34.2 Å². The first-order valence-electron chi connectivity index (χ1n) is 17.7. The molecule has 1 atom stereocenters. The van der Waals surface area contributed by atoms with Crippen molar-refractivity contribution < 1.29 is 23.9 Å². The van der Waals surface area contributed by atoms with E-state index in [1.165, 1.54) is 21.8 Å². The summed E-state index contributed by atoms with van der Waals surface area (Å²) < 4.78 is 15.3. The number of carboxylic acid groups (broad SMARTS) is 1. The fourth-order valence-electron chi connectivity index (χ4n) is 6.46. The van der Waals surface area contributed by atoms with E-state index in [2.05, 4.69) is 56.7 Å². The third-order valence-electron chi connectivity index (χ3n) is 9.50. The van der Waals surface area contributed by atoms with Crippen LogP contribution >= 0.6 is 11.3 Å². The number of hydrogen-bond acceptors (Lipinski definition) is 6. The summed E-state index contributed by atoms with van der Waals surface area (Å²) in [4.78, 5) is 50.7. The van der Waals surface area contributed by atoms with Crippen LogP contribution in [0, 0.1) is 23.6 Å². The maximum atomic E-state index is 15.3. The van der Waals surface area contributed by atoms with Gasteiger partial charge in [0.05, 0.1) is 10.8 Å². The number of aliphatic carboxylic acids is 1. The number of hydrogen-bond donors (Lipinski definition) is 1. The summed E-state index contributed by atoms with van der Waals surface area (Å²) in [6.07, 6.45) is 4.59. The molecule has 7 nitrogen and oxygen atoms in total. The lowest BCUT2D eigenvalue weighted by Gasteiger charge is -2.38. The number of benzene rings is 3. The fourth-order valence-corrected chi connectivity index (χ4v) is 7.47. The third kappa shape index (κ3) is 8.53. The molecule has 268 valence electrons. The molecule has 0 bridgehead atoms. The highest BCUT2D eigenvalue weighted by molar-refractivity contribution is 7.14. The Morgan fingerprint density at radius 1 is 0.827 bits per heavy atom. The van der Waals surface area contributed by atoms with Gasteiger partial charge in [0.25, 0.3) is 0 Å². The standard InChI is InChI=1S/C43H44FN3O4S/c1-26(2)18-27-6-10-29(11-7-27)31-14-15-35(36(44)20-31)33-22-45-40(46-23-33)30-12-8-28(9-13-30)19-32(41(49)47-24-34(25-47)42(50)51)21-37(48)38-16-17-39(52-38)43(3,4)5/h6-17,20,22-23,26,32,34H,18-19,21,24-25H2,1-5H3,(H,50,51)/t32-/m1/s1. The van der Waals surface area contributed by atoms with Crippen molar-refractivity contribution in [1.82, 2.24) is 14.9 Å². The molecule has 3 heterocycles. The number of halogens is 1. The highest BCUT2D eigenvalue weighted by Crippen LogP contribution is 2.32. The number of carboxylic acids is 1. The average molecular weight is 718 g/mol. The van der Waals surface area contributed by atoms with Crippen LogP contribution in [0.3, 0.4) is 0 Å². The maximum Gasteiger partial charge on any atom is 0.310 e. The SMILES string of the molecule is CC(C)Cc1ccc(-c2ccc(-c3cnc(-c4ccc(C[C@H](CC(=O)c5ccc(C(C)(C)C)s5)C(=O)N5CC(C(=O)O)C5)cc4)nc3)c(F)c2)cc1. The van der Waals surface area contributed by atoms with Gasteiger partial charge in [-0.1, -0.05) is 95.3 Å². The largest absolute Gasteiger partial charge is 0.481 e. The average Bonchev–Trinajstić information content (AvgIpc) is 3.60. The number of thiophene rings is 1. The molecule has 9 heteroatoms. The van der Waals surface area contributed by atoms with Crippen molar-refractivity contribution in [1.29, 1.82) is 0 Å². The minimum atomic E-state index is -0.919. The molecule has 1 saturated heterocycles. The normalized spacial score (nSPS) is 13.9. The molecule has 0 unspecified atom stereocenters. The van der Waals surface area contributed by atoms with Gasteiger partial charge < -0.3 is 10.0 Å². The molecule has 2 aromatic heterocycles. The summed E-state index contributed by atoms with van der Waals surface area (Å²) in [5.74, 6) is -1.73. The molecule has 3 aromatic carbocycles. The Morgan fingerprint density at radius 2 is 1.42 bits per heavy atom. The summed E-state index contributed by atoms with van der Waals surface area (Å²) >= 11 is 1.45. The predicted octanol–water partition coefficient (Wildman–Crippen LogP) is 9.15. The van der Waals surface area contributed by atoms with Crippen molar-refractivity contribution in [3.63, 3.8) is 0 Å². The van der Waals surface area contributed by atoms with Gasteiger partial charge in [-0.15, -0.1) is 11.3 Å². The molecule has 1 fully saturated rings. The Morgan fingerprint density at radius 3 is 1.98 bits per heavy atom. The second-order valence-corrected chi connectivity index (χ2v) is 16.3. The van der Waals surface area contributed by atoms with Gasteiger partial charge in [-0.25, -0.2) is 14.4 Å². The molecule has 1 N–H and O–H groups in total. The van der Waals surface area contributed by atoms with Gasteiger partial charge in [0.1, 0.15) is 5.82 Å². The lowest BCUT2D eigenvalue weighted by molar-refractivity contribution is -0.154. The number of ketones is 1. The molecule has 52 heavy (non-hydrogen) atoms. The van der Waals surface area contributed by atoms with Crippen LogP contribution in [0.5, 0.6) is 0 Å². The number of likely N-dealkylation sites (tertiary alicyclic amines) is 1. The lowest BCUT2D eigenvalue weighted by atomic mass is 9.89. The summed E-state index contributed by atoms with van der Waals surface area (Å²) in [6, 6.07) is 24.8. The Bertz CT molecular complexity index is 2060. The number of amides is 1. The molecule has 0 radical (unpaired) electrons. The number of Topliss-reactive ketones (excluding diaryl/α,β-unsaturated/α-hetero) is 1. The van der Waals surface area contributed by atoms with Crippen LogP contribution in [0.2, 0.25) is 0 Å². The first kappa shape index (κ1) is 36.8. The van der Waals surface area contributed by atoms with E-state index in [1.807, 2.05) is 54.6 Å². The monoisotopic (exact) mass is 717 g/mol. The van der Waals surface area contributed by atoms with Crippen molar-refractivity contribution in [2.24, 2.45) is 17.8 Å². The van der Waals surface area contributed by atoms with Crippen molar-refractivity contribution >= 4 is 29.0 Å². The highest BCUT2D eigenvalue weighted by atomic mass is 32.1. The minimum absolute atomic E-state index is 0.0333. The topological polar surface area (TPSA) is 100 Å². The van der Waals surface area contributed by atoms with Crippen molar-refractivity contribution in [2.75, 3.05) is 13.1 Å². The third-order valence-corrected chi connectivity index (χ3v) is 11.1. The van der Waals surface area contributed by atoms with Crippen LogP contribution in [0.4, 0.5) is 4.39 Å². The molecule has 0 saturated carbocycles. The molecule has 0 spiro atoms. The molecule has 1 aliphatic rings. The summed E-state index contributed by atoms with van der Waals surface area (Å²) in [7, 11) is 0. The van der Waals surface area contributed by atoms with Crippen LogP contribution in [0.15, 0.2) is 91.3 Å². The quantitative estimate of drug-likeness (QED) is 0.129. The fraction of sp³-hybridized carbons (Fsp3) is 0.326. The van der Waals surface area contributed by atoms with E-state index in [1.54, 1.807) is 24.5 Å². The van der Waals surface area contributed by atoms with Crippen LogP contribution in [0.1, 0.15) is 66.7 Å². The van der Waals surface area contributed by atoms with Crippen LogP contribution in [0.25, 0.3) is 33.6 Å². The second kappa shape index (κ2) is 15.3. The lowest BCUT2D eigenvalue weighted by Crippen LogP contribution is -2.55. The highest BCUT2D eigenvalue weighted by Gasteiger charge is 2.39. The zero-order chi connectivity index (χ0) is 37.2. The van der Waals surface area contributed by atoms with Crippen LogP contribution in [-0.2, 0) is 27.8 Å². The van der Waals surface area contributed by atoms with Gasteiger partial charge in [-0.3, -0.25) is 14.4 Å². The molecular weight excluding hydrogens is 674 g/mol. The van der Waals surface area contributed by atoms with Gasteiger partial charge in [0.2, 0.25) is 5.91 Å². The van der Waals surface area contributed by atoms with Gasteiger partial charge >= 0.3 is 5.97 Å². The second-order valence-electron chi connectivity index (χ2n) is 15.2. The molecule has 6 rings (SSSR count). The Labute approximate surface area is 308 Å². The zero-order valence-corrected chi connectivity index (χ0v) is 31.0. The molecule has 5 aromatic rings. The van der Waals surface area contributed by atoms with Crippen molar-refractivity contribution in [2.45, 2.75) is 59.3 Å². The Hall–Kier alpha value is -5.02. The summed E-state index contributed by atoms with van der Waals surface area (Å²) in [5.41, 5.74) is 5.54. The summed E-state index contributed by atoms with van der Waals surface area (Å²) in [5, 5.41) is 9.33. The van der Waals surface area contributed by atoms with E-state index in [9.17, 15) is 19.5 Å². The van der Waals surface area contributed by atoms with E-state index in [-0.39, 0.29) is 42.4 Å². The molecule has 1 aliphatic heterocycles. The van der Waals surface area contributed by atoms with Crippen molar-refractivity contribution in [3.8, 4) is 33.6 Å². The summed E-state index contributed by atoms with van der Waals surface area (Å²) in [6.45, 7) is 11.0. The number of rotatable bonds is 12. The zero-order valence-electron chi connectivity index (χ0n) is 30.2. The van der Waals surface area contributed by atoms with Gasteiger partial charge in [-0.2, -0.15) is 0 Å². The van der Waals surface area contributed by atoms with Gasteiger partial charge in [0, 0.05) is 59.4 Å². The number of nitrogens with zero attached hydrogens (tertiary/aromatic N) is 3. The minimum Gasteiger partial charge on any atom is -0.481 e. The predicted molar refractivity (Wildman–Crippen MR) is 204 cm³/mol. The first-order valence-corrected chi connectivity index (χ1v) is 18.5. The first-order chi connectivity index (χ1) is 24.7. The number of carbonyl (C=O) groups is 3. The van der Waals surface area contributed by atoms with Crippen LogP contribution in [-0.4, -0.2) is 50.7 Å². The smallest absolute Gasteiger partial charge is 0.310 e. The van der Waals surface area contributed by atoms with E-state index >= 15 is 4.39 Å². The molecule has 1 amide bonds. The Balaban J connectivity index is 1.14. The molecular formula is C43H44FN3O4S. The maximum absolute atomic E-state index is 15.3. The molecule has 0 aliphatic carbocycles. The van der Waals surface area contributed by atoms with E-state index < -0.39 is 17.8 Å². The number of carbonyl (C=O) groups excluding carboxylic acids is 2. The van der Waals surface area contributed by atoms with Crippen LogP contribution < -0.4 is 0 Å². The van der Waals surface area contributed by atoms with E-state index in [0.717, 1.165) is 33.6 Å². The number of aromatic nitrogens is 2. The van der Waals surface area contributed by atoms with E-state index in [4.69, 9.17) is 0 Å².